The fourth-order valence-corrected chi connectivity index (χ4v) is 2.97. The molecule has 1 aliphatic heterocycles. The highest BCUT2D eigenvalue weighted by Gasteiger charge is 2.27. The minimum atomic E-state index is 0.0424. The number of fused-ring (bicyclic) bond motifs is 1. The molecule has 2 heterocycles. The zero-order valence-electron chi connectivity index (χ0n) is 13.5. The van der Waals surface area contributed by atoms with Gasteiger partial charge in [-0.25, -0.2) is 4.98 Å². The number of hydrogen-bond acceptors (Lipinski definition) is 2. The first kappa shape index (κ1) is 14.3. The van der Waals surface area contributed by atoms with Gasteiger partial charge in [-0.15, -0.1) is 0 Å². The van der Waals surface area contributed by atoms with Gasteiger partial charge >= 0.3 is 0 Å². The molecule has 21 heavy (non-hydrogen) atoms. The van der Waals surface area contributed by atoms with Crippen LogP contribution in [-0.4, -0.2) is 16.1 Å². The lowest BCUT2D eigenvalue weighted by Crippen LogP contribution is -2.25. The van der Waals surface area contributed by atoms with E-state index < -0.39 is 0 Å². The van der Waals surface area contributed by atoms with E-state index in [9.17, 15) is 0 Å². The second-order valence-corrected chi connectivity index (χ2v) is 6.86. The van der Waals surface area contributed by atoms with Crippen LogP contribution in [0.3, 0.4) is 0 Å². The number of imidazole rings is 1. The summed E-state index contributed by atoms with van der Waals surface area (Å²) in [6, 6.07) is 8.93. The maximum absolute atomic E-state index is 4.94. The van der Waals surface area contributed by atoms with Gasteiger partial charge in [-0.05, 0) is 24.1 Å². The van der Waals surface area contributed by atoms with Crippen molar-refractivity contribution in [3.05, 3.63) is 47.0 Å². The first-order valence-electron chi connectivity index (χ1n) is 7.91. The summed E-state index contributed by atoms with van der Waals surface area (Å²) in [6.07, 6.45) is 2.13. The monoisotopic (exact) mass is 283 g/mol. The van der Waals surface area contributed by atoms with Gasteiger partial charge < -0.3 is 5.32 Å². The number of aromatic nitrogens is 2. The normalized spacial score (nSPS) is 15.0. The van der Waals surface area contributed by atoms with Gasteiger partial charge in [0.25, 0.3) is 0 Å². The molecule has 0 saturated heterocycles. The molecule has 0 atom stereocenters. The van der Waals surface area contributed by atoms with Gasteiger partial charge in [0, 0.05) is 36.3 Å². The van der Waals surface area contributed by atoms with Gasteiger partial charge in [-0.2, -0.15) is 0 Å². The minimum Gasteiger partial charge on any atom is -0.311 e. The van der Waals surface area contributed by atoms with Crippen molar-refractivity contribution in [2.45, 2.75) is 52.5 Å². The smallest absolute Gasteiger partial charge is 0.119 e. The van der Waals surface area contributed by atoms with Crippen molar-refractivity contribution in [3.63, 3.8) is 0 Å². The highest BCUT2D eigenvalue weighted by atomic mass is 15.1. The van der Waals surface area contributed by atoms with E-state index in [0.29, 0.717) is 0 Å². The molecule has 1 aromatic heterocycles. The lowest BCUT2D eigenvalue weighted by Gasteiger charge is -2.22. The first-order chi connectivity index (χ1) is 10.0. The molecule has 0 radical (unpaired) electrons. The zero-order valence-corrected chi connectivity index (χ0v) is 13.5. The quantitative estimate of drug-likeness (QED) is 0.915. The van der Waals surface area contributed by atoms with Crippen LogP contribution in [0.25, 0.3) is 5.69 Å². The Balaban J connectivity index is 2.16. The van der Waals surface area contributed by atoms with Crippen LogP contribution in [0.2, 0.25) is 0 Å². The molecule has 0 aliphatic carbocycles. The van der Waals surface area contributed by atoms with Crippen molar-refractivity contribution in [3.8, 4) is 5.69 Å². The van der Waals surface area contributed by atoms with E-state index >= 15 is 0 Å². The third kappa shape index (κ3) is 2.62. The molecule has 1 aliphatic rings. The predicted octanol–water partition coefficient (Wildman–Crippen LogP) is 3.38. The van der Waals surface area contributed by atoms with Crippen LogP contribution in [-0.2, 0) is 24.8 Å². The average molecular weight is 283 g/mol. The Morgan fingerprint density at radius 3 is 2.52 bits per heavy atom. The summed E-state index contributed by atoms with van der Waals surface area (Å²) in [4.78, 5) is 4.94. The van der Waals surface area contributed by atoms with E-state index in [4.69, 9.17) is 4.98 Å². The number of hydrogen-bond donors (Lipinski definition) is 1. The van der Waals surface area contributed by atoms with Crippen LogP contribution in [0.1, 0.15) is 50.5 Å². The number of nitrogens with zero attached hydrogens (tertiary/aromatic N) is 2. The second kappa shape index (κ2) is 5.30. The topological polar surface area (TPSA) is 29.9 Å². The molecule has 112 valence electrons. The van der Waals surface area contributed by atoms with Crippen LogP contribution in [0, 0.1) is 0 Å². The van der Waals surface area contributed by atoms with E-state index in [0.717, 1.165) is 25.9 Å². The Morgan fingerprint density at radius 2 is 1.90 bits per heavy atom. The van der Waals surface area contributed by atoms with E-state index in [1.54, 1.807) is 0 Å². The van der Waals surface area contributed by atoms with Crippen molar-refractivity contribution in [2.24, 2.45) is 0 Å². The van der Waals surface area contributed by atoms with E-state index in [1.165, 1.54) is 28.5 Å². The molecule has 3 heteroatoms. The highest BCUT2D eigenvalue weighted by Crippen LogP contribution is 2.29. The van der Waals surface area contributed by atoms with Crippen LogP contribution >= 0.6 is 0 Å². The minimum absolute atomic E-state index is 0.0424. The van der Waals surface area contributed by atoms with Gasteiger partial charge in [0.2, 0.25) is 0 Å². The summed E-state index contributed by atoms with van der Waals surface area (Å²) in [5, 5.41) is 3.43. The molecule has 0 spiro atoms. The highest BCUT2D eigenvalue weighted by molar-refractivity contribution is 5.41. The molecule has 0 fully saturated rings. The third-order valence-corrected chi connectivity index (χ3v) is 4.16. The first-order valence-corrected chi connectivity index (χ1v) is 7.91. The Kier molecular flexibility index (Phi) is 3.62. The van der Waals surface area contributed by atoms with E-state index in [-0.39, 0.29) is 5.41 Å². The summed E-state index contributed by atoms with van der Waals surface area (Å²) in [5.41, 5.74) is 5.26. The van der Waals surface area contributed by atoms with Crippen LogP contribution in [0.4, 0.5) is 0 Å². The average Bonchev–Trinajstić information content (AvgIpc) is 2.87. The van der Waals surface area contributed by atoms with Gasteiger partial charge in [-0.1, -0.05) is 39.8 Å². The summed E-state index contributed by atoms with van der Waals surface area (Å²) in [5.74, 6) is 1.17. The number of benzene rings is 1. The molecule has 0 saturated carbocycles. The molecule has 3 nitrogen and oxygen atoms in total. The molecule has 0 bridgehead atoms. The molecular weight excluding hydrogens is 258 g/mol. The fraction of sp³-hybridized carbons (Fsp3) is 0.500. The van der Waals surface area contributed by atoms with Crippen molar-refractivity contribution in [1.29, 1.82) is 0 Å². The summed E-state index contributed by atoms with van der Waals surface area (Å²) in [7, 11) is 0. The Hall–Kier alpha value is -1.61. The predicted molar refractivity (Wildman–Crippen MR) is 87.1 cm³/mol. The molecule has 0 unspecified atom stereocenters. The zero-order chi connectivity index (χ0) is 15.0. The number of rotatable bonds is 2. The maximum atomic E-state index is 4.94. The Labute approximate surface area is 127 Å². The SMILES string of the molecule is CCc1ccc(-n2c(C(C)(C)C)nc3c2CCNC3)cc1. The summed E-state index contributed by atoms with van der Waals surface area (Å²) >= 11 is 0. The maximum Gasteiger partial charge on any atom is 0.119 e. The fourth-order valence-electron chi connectivity index (χ4n) is 2.97. The Morgan fingerprint density at radius 1 is 1.19 bits per heavy atom. The summed E-state index contributed by atoms with van der Waals surface area (Å²) in [6.45, 7) is 10.8. The molecule has 1 N–H and O–H groups in total. The van der Waals surface area contributed by atoms with Gasteiger partial charge in [0.15, 0.2) is 0 Å². The van der Waals surface area contributed by atoms with Crippen LogP contribution in [0.15, 0.2) is 24.3 Å². The standard InChI is InChI=1S/C18H25N3/c1-5-13-6-8-14(9-7-13)21-16-10-11-19-12-15(16)20-17(21)18(2,3)4/h6-9,19H,5,10-12H2,1-4H3. The molecule has 1 aromatic carbocycles. The molecule has 3 rings (SSSR count). The largest absolute Gasteiger partial charge is 0.311 e. The van der Waals surface area contributed by atoms with E-state index in [2.05, 4.69) is 61.8 Å². The van der Waals surface area contributed by atoms with Gasteiger partial charge in [0.05, 0.1) is 5.69 Å². The van der Waals surface area contributed by atoms with Crippen molar-refractivity contribution in [2.75, 3.05) is 6.54 Å². The lowest BCUT2D eigenvalue weighted by atomic mass is 9.95. The van der Waals surface area contributed by atoms with Crippen molar-refractivity contribution >= 4 is 0 Å². The third-order valence-electron chi connectivity index (χ3n) is 4.16. The number of nitrogens with one attached hydrogen (secondary N) is 1. The van der Waals surface area contributed by atoms with Crippen LogP contribution < -0.4 is 5.32 Å². The Bertz CT molecular complexity index is 630. The van der Waals surface area contributed by atoms with Crippen molar-refractivity contribution in [1.82, 2.24) is 14.9 Å². The second-order valence-electron chi connectivity index (χ2n) is 6.86. The number of aryl methyl sites for hydroxylation is 1. The molecule has 0 amide bonds. The van der Waals surface area contributed by atoms with Crippen LogP contribution in [0.5, 0.6) is 0 Å². The molecule has 2 aromatic rings. The molecular formula is C18H25N3. The van der Waals surface area contributed by atoms with Gasteiger partial charge in [0.1, 0.15) is 5.82 Å². The van der Waals surface area contributed by atoms with E-state index in [1.807, 2.05) is 0 Å². The lowest BCUT2D eigenvalue weighted by molar-refractivity contribution is 0.533. The van der Waals surface area contributed by atoms with Crippen molar-refractivity contribution < 1.29 is 0 Å². The summed E-state index contributed by atoms with van der Waals surface area (Å²) < 4.78 is 2.38. The van der Waals surface area contributed by atoms with Gasteiger partial charge in [-0.3, -0.25) is 4.57 Å².